The molecule has 180 valence electrons. The molecule has 1 amide bonds. The lowest BCUT2D eigenvalue weighted by Gasteiger charge is -2.32. The van der Waals surface area contributed by atoms with Gasteiger partial charge in [-0.05, 0) is 79.5 Å². The lowest BCUT2D eigenvalue weighted by molar-refractivity contribution is -0.141. The minimum absolute atomic E-state index is 0.122. The summed E-state index contributed by atoms with van der Waals surface area (Å²) < 4.78 is 5.79. The van der Waals surface area contributed by atoms with Crippen LogP contribution in [-0.4, -0.2) is 41.0 Å². The number of pyridine rings is 1. The van der Waals surface area contributed by atoms with Crippen LogP contribution in [0.15, 0.2) is 48.5 Å². The standard InChI is InChI=1S/C29H29ClN2O3/c1-18-13-15-32(16-14-18)28(33)19(2)35-29(34)26-23-5-3-4-6-25(23)31-27-21(9-12-24(26)27)17-20-7-10-22(30)11-8-20/h3-8,10-11,17-19H,9,12-16H2,1-2H3/b21-17+/t19-/m0/s1. The molecule has 0 saturated carbocycles. The Labute approximate surface area is 210 Å². The van der Waals surface area contributed by atoms with Crippen LogP contribution in [0.3, 0.4) is 0 Å². The molecule has 0 unspecified atom stereocenters. The highest BCUT2D eigenvalue weighted by Gasteiger charge is 2.31. The SMILES string of the molecule is CC1CCN(C(=O)[C@H](C)OC(=O)c2c3c(nc4ccccc24)/C(=C/c2ccc(Cl)cc2)CC3)CC1. The summed E-state index contributed by atoms with van der Waals surface area (Å²) >= 11 is 6.04. The van der Waals surface area contributed by atoms with Crippen molar-refractivity contribution < 1.29 is 14.3 Å². The van der Waals surface area contributed by atoms with Gasteiger partial charge in [0.25, 0.3) is 5.91 Å². The summed E-state index contributed by atoms with van der Waals surface area (Å²) in [6, 6.07) is 15.3. The fraction of sp³-hybridized carbons (Fsp3) is 0.345. The van der Waals surface area contributed by atoms with Gasteiger partial charge in [0, 0.05) is 23.5 Å². The van der Waals surface area contributed by atoms with Crippen molar-refractivity contribution >= 4 is 46.0 Å². The smallest absolute Gasteiger partial charge is 0.339 e. The molecule has 0 radical (unpaired) electrons. The zero-order valence-electron chi connectivity index (χ0n) is 20.1. The van der Waals surface area contributed by atoms with E-state index < -0.39 is 12.1 Å². The van der Waals surface area contributed by atoms with Crippen LogP contribution >= 0.6 is 11.6 Å². The largest absolute Gasteiger partial charge is 0.449 e. The van der Waals surface area contributed by atoms with Gasteiger partial charge >= 0.3 is 5.97 Å². The summed E-state index contributed by atoms with van der Waals surface area (Å²) in [4.78, 5) is 33.2. The summed E-state index contributed by atoms with van der Waals surface area (Å²) in [7, 11) is 0. The predicted molar refractivity (Wildman–Crippen MR) is 139 cm³/mol. The molecular formula is C29H29ClN2O3. The highest BCUT2D eigenvalue weighted by atomic mass is 35.5. The number of para-hydroxylation sites is 1. The van der Waals surface area contributed by atoms with E-state index in [2.05, 4.69) is 13.0 Å². The number of ether oxygens (including phenoxy) is 1. The molecule has 6 heteroatoms. The lowest BCUT2D eigenvalue weighted by Crippen LogP contribution is -2.44. The summed E-state index contributed by atoms with van der Waals surface area (Å²) in [5.41, 5.74) is 5.10. The Morgan fingerprint density at radius 2 is 1.80 bits per heavy atom. The van der Waals surface area contributed by atoms with Crippen molar-refractivity contribution in [3.63, 3.8) is 0 Å². The maximum Gasteiger partial charge on any atom is 0.339 e. The molecule has 0 spiro atoms. The van der Waals surface area contributed by atoms with Crippen molar-refractivity contribution in [3.05, 3.63) is 75.9 Å². The van der Waals surface area contributed by atoms with Crippen LogP contribution < -0.4 is 0 Å². The number of aromatic nitrogens is 1. The van der Waals surface area contributed by atoms with E-state index in [4.69, 9.17) is 21.3 Å². The summed E-state index contributed by atoms with van der Waals surface area (Å²) in [5.74, 6) is 0.0419. The second-order valence-corrected chi connectivity index (χ2v) is 10.0. The Morgan fingerprint density at radius 3 is 2.54 bits per heavy atom. The molecule has 5 nitrogen and oxygen atoms in total. The monoisotopic (exact) mass is 488 g/mol. The van der Waals surface area contributed by atoms with Crippen molar-refractivity contribution in [1.29, 1.82) is 0 Å². The van der Waals surface area contributed by atoms with Gasteiger partial charge in [-0.3, -0.25) is 4.79 Å². The first-order valence-electron chi connectivity index (χ1n) is 12.3. The van der Waals surface area contributed by atoms with E-state index in [0.717, 1.165) is 52.6 Å². The Balaban J connectivity index is 1.46. The molecular weight excluding hydrogens is 460 g/mol. The fourth-order valence-corrected chi connectivity index (χ4v) is 5.15. The van der Waals surface area contributed by atoms with Gasteiger partial charge < -0.3 is 9.64 Å². The van der Waals surface area contributed by atoms with Crippen LogP contribution in [0.5, 0.6) is 0 Å². The lowest BCUT2D eigenvalue weighted by atomic mass is 9.99. The third kappa shape index (κ3) is 4.83. The van der Waals surface area contributed by atoms with Crippen LogP contribution in [0.4, 0.5) is 0 Å². The molecule has 0 N–H and O–H groups in total. The summed E-state index contributed by atoms with van der Waals surface area (Å²) in [6.07, 6.45) is 4.72. The Hall–Kier alpha value is -3.18. The second kappa shape index (κ2) is 9.82. The van der Waals surface area contributed by atoms with Gasteiger partial charge in [-0.25, -0.2) is 9.78 Å². The third-order valence-electron chi connectivity index (χ3n) is 7.08. The maximum atomic E-state index is 13.5. The Morgan fingerprint density at radius 1 is 1.09 bits per heavy atom. The maximum absolute atomic E-state index is 13.5. The van der Waals surface area contributed by atoms with Crippen molar-refractivity contribution in [1.82, 2.24) is 9.88 Å². The average molecular weight is 489 g/mol. The number of carbonyl (C=O) groups is 2. The highest BCUT2D eigenvalue weighted by Crippen LogP contribution is 2.38. The molecule has 1 fully saturated rings. The number of benzene rings is 2. The molecule has 1 aromatic heterocycles. The van der Waals surface area contributed by atoms with Gasteiger partial charge in [-0.2, -0.15) is 0 Å². The summed E-state index contributed by atoms with van der Waals surface area (Å²) in [5, 5.41) is 1.45. The van der Waals surface area contributed by atoms with Crippen molar-refractivity contribution in [2.75, 3.05) is 13.1 Å². The second-order valence-electron chi connectivity index (χ2n) is 9.61. The zero-order chi connectivity index (χ0) is 24.5. The number of allylic oxidation sites excluding steroid dienone is 1. The quantitative estimate of drug-likeness (QED) is 0.411. The van der Waals surface area contributed by atoms with Gasteiger partial charge in [0.2, 0.25) is 0 Å². The number of likely N-dealkylation sites (tertiary alicyclic amines) is 1. The van der Waals surface area contributed by atoms with Gasteiger partial charge in [0.05, 0.1) is 16.8 Å². The van der Waals surface area contributed by atoms with E-state index in [9.17, 15) is 9.59 Å². The molecule has 3 aromatic rings. The van der Waals surface area contributed by atoms with E-state index in [0.29, 0.717) is 36.0 Å². The van der Waals surface area contributed by atoms with Gasteiger partial charge in [0.15, 0.2) is 6.10 Å². The van der Waals surface area contributed by atoms with Crippen LogP contribution in [-0.2, 0) is 16.0 Å². The van der Waals surface area contributed by atoms with Crippen LogP contribution in [0.2, 0.25) is 5.02 Å². The van der Waals surface area contributed by atoms with Crippen LogP contribution in [0, 0.1) is 5.92 Å². The number of esters is 1. The number of fused-ring (bicyclic) bond motifs is 2. The third-order valence-corrected chi connectivity index (χ3v) is 7.34. The molecule has 1 atom stereocenters. The molecule has 2 aliphatic rings. The topological polar surface area (TPSA) is 59.5 Å². The first-order valence-corrected chi connectivity index (χ1v) is 12.7. The van der Waals surface area contributed by atoms with Crippen LogP contribution in [0.1, 0.15) is 60.3 Å². The Kier molecular flexibility index (Phi) is 6.61. The van der Waals surface area contributed by atoms with Gasteiger partial charge in [0.1, 0.15) is 0 Å². The van der Waals surface area contributed by atoms with Crippen molar-refractivity contribution in [2.24, 2.45) is 5.92 Å². The van der Waals surface area contributed by atoms with Gasteiger partial charge in [-0.15, -0.1) is 0 Å². The molecule has 1 aliphatic heterocycles. The minimum atomic E-state index is -0.830. The number of rotatable bonds is 4. The van der Waals surface area contributed by atoms with E-state index in [1.54, 1.807) is 6.92 Å². The number of halogens is 1. The van der Waals surface area contributed by atoms with E-state index in [-0.39, 0.29) is 5.91 Å². The number of carbonyl (C=O) groups excluding carboxylic acids is 2. The fourth-order valence-electron chi connectivity index (χ4n) is 5.03. The van der Waals surface area contributed by atoms with E-state index >= 15 is 0 Å². The Bertz CT molecular complexity index is 1310. The number of hydrogen-bond acceptors (Lipinski definition) is 4. The van der Waals surface area contributed by atoms with Crippen LogP contribution in [0.25, 0.3) is 22.6 Å². The average Bonchev–Trinajstić information content (AvgIpc) is 3.25. The molecule has 2 aromatic carbocycles. The van der Waals surface area contributed by atoms with E-state index in [1.165, 1.54) is 0 Å². The zero-order valence-corrected chi connectivity index (χ0v) is 20.8. The number of amides is 1. The highest BCUT2D eigenvalue weighted by molar-refractivity contribution is 6.30. The first kappa shape index (κ1) is 23.6. The molecule has 1 saturated heterocycles. The minimum Gasteiger partial charge on any atom is -0.449 e. The number of nitrogens with zero attached hydrogens (tertiary/aromatic N) is 2. The number of piperidine rings is 1. The first-order chi connectivity index (χ1) is 16.9. The molecule has 0 bridgehead atoms. The van der Waals surface area contributed by atoms with Crippen molar-refractivity contribution in [2.45, 2.75) is 45.6 Å². The molecule has 1 aliphatic carbocycles. The molecule has 35 heavy (non-hydrogen) atoms. The molecule has 5 rings (SSSR count). The summed E-state index contributed by atoms with van der Waals surface area (Å²) in [6.45, 7) is 5.31. The predicted octanol–water partition coefficient (Wildman–Crippen LogP) is 6.18. The van der Waals surface area contributed by atoms with Crippen molar-refractivity contribution in [3.8, 4) is 0 Å². The normalized spacial score (nSPS) is 18.0. The van der Waals surface area contributed by atoms with Gasteiger partial charge in [-0.1, -0.05) is 48.9 Å². The molecule has 2 heterocycles. The van der Waals surface area contributed by atoms with E-state index in [1.807, 2.05) is 53.4 Å². The number of hydrogen-bond donors (Lipinski definition) is 0.